The molecule has 2 heterocycles. The molecule has 0 saturated carbocycles. The van der Waals surface area contributed by atoms with Crippen molar-refractivity contribution in [2.24, 2.45) is 0 Å². The zero-order valence-electron chi connectivity index (χ0n) is 23.5. The number of nitrogens with zero attached hydrogens (tertiary/aromatic N) is 7. The van der Waals surface area contributed by atoms with Crippen molar-refractivity contribution in [3.05, 3.63) is 44.1 Å². The molecule has 0 bridgehead atoms. The Hall–Kier alpha value is -2.62. The summed E-state index contributed by atoms with van der Waals surface area (Å²) in [6, 6.07) is 4.15. The molecule has 2 aliphatic heterocycles. The SMILES string of the molecule is CC[N+](C)(C)CC(n1c2nc(=O)n(CC[N+](C)(C)C)c(=O)c-2nc2cc(C)c(C)cc21)[N+](C)(C)C. The topological polar surface area (TPSA) is 69.8 Å². The van der Waals surface area contributed by atoms with Crippen LogP contribution in [0.5, 0.6) is 0 Å². The number of aromatic nitrogens is 4. The van der Waals surface area contributed by atoms with Gasteiger partial charge in [0.15, 0.2) is 18.1 Å². The molecule has 192 valence electrons. The molecule has 1 atom stereocenters. The standard InChI is InChI=1S/C26H44N7O2/c1-12-33(10,11)17-22(32(7,8)9)30-21-16-19(3)18(2)15-20(21)27-23-24(30)28-26(35)29(25(23)34)13-14-31(4,5)6/h15-16,22H,12-14,17H2,1-11H3/q+3. The summed E-state index contributed by atoms with van der Waals surface area (Å²) >= 11 is 0. The van der Waals surface area contributed by atoms with Crippen molar-refractivity contribution in [1.82, 2.24) is 19.1 Å². The Kier molecular flexibility index (Phi) is 7.02. The lowest BCUT2D eigenvalue weighted by molar-refractivity contribution is -0.966. The van der Waals surface area contributed by atoms with Crippen LogP contribution in [-0.4, -0.2) is 109 Å². The van der Waals surface area contributed by atoms with Gasteiger partial charge in [0.1, 0.15) is 0 Å². The van der Waals surface area contributed by atoms with Crippen LogP contribution >= 0.6 is 0 Å². The fourth-order valence-corrected chi connectivity index (χ4v) is 4.23. The molecular formula is C26H44N7O2+3. The Morgan fingerprint density at radius 3 is 2.06 bits per heavy atom. The fraction of sp³-hybridized carbons (Fsp3) is 0.615. The lowest BCUT2D eigenvalue weighted by Crippen LogP contribution is -2.54. The molecule has 1 unspecified atom stereocenters. The van der Waals surface area contributed by atoms with Gasteiger partial charge in [-0.25, -0.2) is 9.78 Å². The minimum absolute atomic E-state index is 0.0755. The molecule has 0 saturated heterocycles. The molecular weight excluding hydrogens is 442 g/mol. The van der Waals surface area contributed by atoms with Gasteiger partial charge in [0.05, 0.1) is 87.0 Å². The summed E-state index contributed by atoms with van der Waals surface area (Å²) in [7, 11) is 17.0. The lowest BCUT2D eigenvalue weighted by atomic mass is 10.1. The Balaban J connectivity index is 2.45. The van der Waals surface area contributed by atoms with Crippen LogP contribution in [0, 0.1) is 13.8 Å². The lowest BCUT2D eigenvalue weighted by Gasteiger charge is -2.41. The van der Waals surface area contributed by atoms with E-state index in [1.807, 2.05) is 27.2 Å². The highest BCUT2D eigenvalue weighted by Crippen LogP contribution is 2.31. The number of fused-ring (bicyclic) bond motifs is 2. The minimum Gasteiger partial charge on any atom is -0.329 e. The van der Waals surface area contributed by atoms with Gasteiger partial charge in [-0.3, -0.25) is 13.9 Å². The Morgan fingerprint density at radius 1 is 0.914 bits per heavy atom. The maximum Gasteiger partial charge on any atom is 0.352 e. The van der Waals surface area contributed by atoms with Crippen LogP contribution in [0.2, 0.25) is 0 Å². The quantitative estimate of drug-likeness (QED) is 0.359. The van der Waals surface area contributed by atoms with Gasteiger partial charge in [-0.15, -0.1) is 0 Å². The second kappa shape index (κ2) is 9.11. The molecule has 0 aromatic heterocycles. The maximum atomic E-state index is 13.7. The van der Waals surface area contributed by atoms with Crippen LogP contribution in [-0.2, 0) is 6.54 Å². The third-order valence-corrected chi connectivity index (χ3v) is 7.10. The molecule has 1 aromatic rings. The summed E-state index contributed by atoms with van der Waals surface area (Å²) in [5, 5.41) is 0. The molecule has 9 nitrogen and oxygen atoms in total. The van der Waals surface area contributed by atoms with Gasteiger partial charge >= 0.3 is 5.69 Å². The van der Waals surface area contributed by atoms with Crippen LogP contribution < -0.4 is 11.2 Å². The molecule has 2 aliphatic rings. The molecule has 3 rings (SSSR count). The zero-order valence-corrected chi connectivity index (χ0v) is 23.5. The predicted molar refractivity (Wildman–Crippen MR) is 142 cm³/mol. The van der Waals surface area contributed by atoms with E-state index in [2.05, 4.69) is 71.6 Å². The summed E-state index contributed by atoms with van der Waals surface area (Å²) in [4.78, 5) is 36.2. The average Bonchev–Trinajstić information content (AvgIpc) is 2.71. The van der Waals surface area contributed by atoms with E-state index in [0.29, 0.717) is 27.9 Å². The number of likely N-dealkylation sites (N-methyl/N-ethyl adjacent to an activating group) is 3. The number of rotatable bonds is 8. The summed E-state index contributed by atoms with van der Waals surface area (Å²) in [6.07, 6.45) is -0.0755. The number of quaternary nitrogens is 3. The van der Waals surface area contributed by atoms with E-state index >= 15 is 0 Å². The summed E-state index contributed by atoms with van der Waals surface area (Å²) in [6.45, 7) is 8.99. The zero-order chi connectivity index (χ0) is 26.5. The first-order valence-corrected chi connectivity index (χ1v) is 12.3. The van der Waals surface area contributed by atoms with Gasteiger partial charge in [-0.05, 0) is 44.0 Å². The third-order valence-electron chi connectivity index (χ3n) is 7.10. The van der Waals surface area contributed by atoms with Gasteiger partial charge in [-0.2, -0.15) is 4.98 Å². The van der Waals surface area contributed by atoms with E-state index in [1.54, 1.807) is 0 Å². The van der Waals surface area contributed by atoms with Crippen molar-refractivity contribution in [1.29, 1.82) is 0 Å². The molecule has 0 aliphatic carbocycles. The van der Waals surface area contributed by atoms with Crippen LogP contribution in [0.3, 0.4) is 0 Å². The second-order valence-corrected chi connectivity index (χ2v) is 12.5. The maximum absolute atomic E-state index is 13.7. The highest BCUT2D eigenvalue weighted by molar-refractivity contribution is 5.81. The summed E-state index contributed by atoms with van der Waals surface area (Å²) in [5.41, 5.74) is 3.26. The summed E-state index contributed by atoms with van der Waals surface area (Å²) in [5.74, 6) is 0.367. The van der Waals surface area contributed by atoms with Crippen molar-refractivity contribution in [3.63, 3.8) is 0 Å². The van der Waals surface area contributed by atoms with Crippen LogP contribution in [0.15, 0.2) is 21.7 Å². The summed E-state index contributed by atoms with van der Waals surface area (Å²) < 4.78 is 5.37. The molecule has 0 fully saturated rings. The first-order valence-electron chi connectivity index (χ1n) is 12.3. The van der Waals surface area contributed by atoms with E-state index in [-0.39, 0.29) is 17.4 Å². The predicted octanol–water partition coefficient (Wildman–Crippen LogP) is 1.68. The van der Waals surface area contributed by atoms with Gasteiger partial charge in [0, 0.05) is 0 Å². The van der Waals surface area contributed by atoms with Crippen LogP contribution in [0.4, 0.5) is 0 Å². The highest BCUT2D eigenvalue weighted by Gasteiger charge is 2.37. The van der Waals surface area contributed by atoms with Crippen LogP contribution in [0.25, 0.3) is 22.6 Å². The van der Waals surface area contributed by atoms with Gasteiger partial charge < -0.3 is 13.4 Å². The molecule has 0 amide bonds. The first-order chi connectivity index (χ1) is 15.9. The average molecular weight is 487 g/mol. The Labute approximate surface area is 209 Å². The number of aryl methyl sites for hydroxylation is 2. The molecule has 0 radical (unpaired) electrons. The molecule has 35 heavy (non-hydrogen) atoms. The number of benzene rings is 1. The second-order valence-electron chi connectivity index (χ2n) is 12.5. The van der Waals surface area contributed by atoms with Gasteiger partial charge in [-0.1, -0.05) is 0 Å². The molecule has 0 spiro atoms. The van der Waals surface area contributed by atoms with E-state index in [1.165, 1.54) is 4.57 Å². The molecule has 9 heteroatoms. The smallest absolute Gasteiger partial charge is 0.329 e. The molecule has 1 aromatic carbocycles. The van der Waals surface area contributed by atoms with E-state index in [0.717, 1.165) is 39.7 Å². The number of hydrogen-bond acceptors (Lipinski definition) is 4. The third kappa shape index (κ3) is 5.63. The minimum atomic E-state index is -0.515. The monoisotopic (exact) mass is 486 g/mol. The van der Waals surface area contributed by atoms with Gasteiger partial charge in [0.25, 0.3) is 5.56 Å². The Bertz CT molecular complexity index is 1320. The van der Waals surface area contributed by atoms with Crippen LogP contribution in [0.1, 0.15) is 24.2 Å². The normalized spacial score (nSPS) is 14.1. The van der Waals surface area contributed by atoms with Gasteiger partial charge in [0.2, 0.25) is 6.17 Å². The van der Waals surface area contributed by atoms with Crippen molar-refractivity contribution in [2.75, 3.05) is 76.0 Å². The van der Waals surface area contributed by atoms with Crippen molar-refractivity contribution < 1.29 is 13.4 Å². The van der Waals surface area contributed by atoms with Crippen molar-refractivity contribution in [3.8, 4) is 11.5 Å². The van der Waals surface area contributed by atoms with Crippen molar-refractivity contribution >= 4 is 11.0 Å². The Morgan fingerprint density at radius 2 is 1.51 bits per heavy atom. The van der Waals surface area contributed by atoms with E-state index < -0.39 is 5.69 Å². The molecule has 0 N–H and O–H groups in total. The highest BCUT2D eigenvalue weighted by atomic mass is 16.2. The first kappa shape index (κ1) is 27.0. The fourth-order valence-electron chi connectivity index (χ4n) is 4.23. The van der Waals surface area contributed by atoms with Crippen molar-refractivity contribution in [2.45, 2.75) is 33.5 Å². The largest absolute Gasteiger partial charge is 0.352 e. The van der Waals surface area contributed by atoms with E-state index in [4.69, 9.17) is 4.98 Å². The van der Waals surface area contributed by atoms with E-state index in [9.17, 15) is 9.59 Å². The number of hydrogen-bond donors (Lipinski definition) is 0.